The Morgan fingerprint density at radius 1 is 1.33 bits per heavy atom. The summed E-state index contributed by atoms with van der Waals surface area (Å²) in [7, 11) is 4.05. The lowest BCUT2D eigenvalue weighted by Gasteiger charge is -2.16. The topological polar surface area (TPSA) is 29.3 Å². The van der Waals surface area contributed by atoms with Gasteiger partial charge in [-0.3, -0.25) is 0 Å². The van der Waals surface area contributed by atoms with E-state index in [0.717, 1.165) is 6.54 Å². The van der Waals surface area contributed by atoms with Crippen LogP contribution in [0.4, 0.5) is 0 Å². The summed E-state index contributed by atoms with van der Waals surface area (Å²) in [6.45, 7) is 2.84. The van der Waals surface area contributed by atoms with Crippen LogP contribution < -0.4 is 5.73 Å². The van der Waals surface area contributed by atoms with Crippen LogP contribution in [0.1, 0.15) is 6.92 Å². The summed E-state index contributed by atoms with van der Waals surface area (Å²) in [6, 6.07) is 0.514. The molecule has 0 aliphatic carbocycles. The summed E-state index contributed by atoms with van der Waals surface area (Å²) >= 11 is 0. The minimum absolute atomic E-state index is 0. The molecule has 9 heavy (non-hydrogen) atoms. The van der Waals surface area contributed by atoms with Gasteiger partial charge in [0.1, 0.15) is 0 Å². The second-order valence-electron chi connectivity index (χ2n) is 2.05. The fraction of sp³-hybridized carbons (Fsp3) is 1.00. The number of likely N-dealkylation sites (N-methyl/N-ethyl adjacent to an activating group) is 1. The van der Waals surface area contributed by atoms with Gasteiger partial charge in [-0.05, 0) is 21.0 Å². The zero-order chi connectivity index (χ0) is 5.86. The van der Waals surface area contributed by atoms with Gasteiger partial charge in [-0.2, -0.15) is 0 Å². The van der Waals surface area contributed by atoms with Gasteiger partial charge >= 0.3 is 0 Å². The lowest BCUT2D eigenvalue weighted by molar-refractivity contribution is 0.320. The molecule has 2 nitrogen and oxygen atoms in total. The average molecular weight is 175 g/mol. The normalized spacial score (nSPS) is 11.7. The van der Waals surface area contributed by atoms with Gasteiger partial charge in [0.05, 0.1) is 0 Å². The van der Waals surface area contributed by atoms with Crippen molar-refractivity contribution in [2.24, 2.45) is 5.73 Å². The molecule has 1 atom stereocenters. The van der Waals surface area contributed by atoms with E-state index in [2.05, 4.69) is 11.8 Å². The van der Waals surface area contributed by atoms with E-state index in [9.17, 15) is 0 Å². The van der Waals surface area contributed by atoms with Gasteiger partial charge in [-0.1, -0.05) is 0 Å². The van der Waals surface area contributed by atoms with Crippen molar-refractivity contribution in [1.82, 2.24) is 4.90 Å². The number of rotatable bonds is 2. The second-order valence-corrected chi connectivity index (χ2v) is 2.05. The third kappa shape index (κ3) is 8.50. The van der Waals surface area contributed by atoms with E-state index in [1.54, 1.807) is 0 Å². The number of halogens is 2. The van der Waals surface area contributed by atoms with Crippen LogP contribution in [-0.2, 0) is 0 Å². The SMILES string of the molecule is C[C@@H](CN)N(C)C.Cl.Cl. The van der Waals surface area contributed by atoms with Crippen molar-refractivity contribution in [3.05, 3.63) is 0 Å². The van der Waals surface area contributed by atoms with Crippen molar-refractivity contribution in [2.75, 3.05) is 20.6 Å². The maximum atomic E-state index is 5.33. The van der Waals surface area contributed by atoms with Crippen molar-refractivity contribution in [1.29, 1.82) is 0 Å². The first-order valence-corrected chi connectivity index (χ1v) is 2.55. The lowest BCUT2D eigenvalue weighted by atomic mass is 10.3. The van der Waals surface area contributed by atoms with E-state index >= 15 is 0 Å². The molecule has 0 fully saturated rings. The molecule has 0 aromatic rings. The van der Waals surface area contributed by atoms with Crippen molar-refractivity contribution < 1.29 is 0 Å². The van der Waals surface area contributed by atoms with Crippen LogP contribution in [0.25, 0.3) is 0 Å². The molecule has 60 valence electrons. The molecule has 0 amide bonds. The van der Waals surface area contributed by atoms with Crippen molar-refractivity contribution >= 4 is 24.8 Å². The first-order valence-electron chi connectivity index (χ1n) is 2.55. The third-order valence-corrected chi connectivity index (χ3v) is 1.22. The maximum Gasteiger partial charge on any atom is 0.0184 e. The standard InChI is InChI=1S/C5H14N2.2ClH/c1-5(4-6)7(2)3;;/h5H,4,6H2,1-3H3;2*1H/t5-;;/m0../s1. The van der Waals surface area contributed by atoms with Gasteiger partial charge in [-0.25, -0.2) is 0 Å². The smallest absolute Gasteiger partial charge is 0.0184 e. The van der Waals surface area contributed by atoms with Crippen molar-refractivity contribution in [2.45, 2.75) is 13.0 Å². The van der Waals surface area contributed by atoms with Crippen LogP contribution in [0.15, 0.2) is 0 Å². The molecule has 0 aromatic heterocycles. The Bertz CT molecular complexity index is 50.2. The molecule has 0 rings (SSSR count). The molecule has 0 saturated carbocycles. The molecule has 0 aliphatic rings. The summed E-state index contributed by atoms with van der Waals surface area (Å²) in [5, 5.41) is 0. The van der Waals surface area contributed by atoms with E-state index in [4.69, 9.17) is 5.73 Å². The summed E-state index contributed by atoms with van der Waals surface area (Å²) in [5.74, 6) is 0. The molecule has 0 aliphatic heterocycles. The Morgan fingerprint density at radius 2 is 1.67 bits per heavy atom. The molecular formula is C5H16Cl2N2. The highest BCUT2D eigenvalue weighted by molar-refractivity contribution is 5.85. The number of nitrogens with zero attached hydrogens (tertiary/aromatic N) is 1. The van der Waals surface area contributed by atoms with E-state index in [-0.39, 0.29) is 24.8 Å². The molecule has 0 unspecified atom stereocenters. The Balaban J connectivity index is -0.000000180. The number of nitrogens with two attached hydrogens (primary N) is 1. The van der Waals surface area contributed by atoms with Gasteiger partial charge in [0, 0.05) is 12.6 Å². The molecule has 0 heterocycles. The summed E-state index contributed by atoms with van der Waals surface area (Å²) in [6.07, 6.45) is 0. The lowest BCUT2D eigenvalue weighted by Crippen LogP contribution is -2.31. The minimum atomic E-state index is 0. The molecular weight excluding hydrogens is 159 g/mol. The molecule has 0 radical (unpaired) electrons. The average Bonchev–Trinajstić information content (AvgIpc) is 1.65. The molecule has 0 spiro atoms. The molecule has 0 bridgehead atoms. The van der Waals surface area contributed by atoms with Crippen molar-refractivity contribution in [3.63, 3.8) is 0 Å². The van der Waals surface area contributed by atoms with E-state index in [1.807, 2.05) is 14.1 Å². The Kier molecular flexibility index (Phi) is 15.3. The van der Waals surface area contributed by atoms with Crippen LogP contribution in [0.2, 0.25) is 0 Å². The molecule has 4 heteroatoms. The van der Waals surface area contributed by atoms with Crippen LogP contribution in [0.5, 0.6) is 0 Å². The zero-order valence-electron chi connectivity index (χ0n) is 6.13. The quantitative estimate of drug-likeness (QED) is 0.670. The largest absolute Gasteiger partial charge is 0.329 e. The molecule has 0 aromatic carbocycles. The van der Waals surface area contributed by atoms with Crippen LogP contribution in [0, 0.1) is 0 Å². The molecule has 2 N–H and O–H groups in total. The van der Waals surface area contributed by atoms with Gasteiger partial charge in [0.15, 0.2) is 0 Å². The predicted octanol–water partition coefficient (Wildman–Crippen LogP) is 0.739. The van der Waals surface area contributed by atoms with E-state index in [1.165, 1.54) is 0 Å². The zero-order valence-corrected chi connectivity index (χ0v) is 7.76. The van der Waals surface area contributed by atoms with E-state index < -0.39 is 0 Å². The summed E-state index contributed by atoms with van der Waals surface area (Å²) < 4.78 is 0. The van der Waals surface area contributed by atoms with Crippen LogP contribution in [0.3, 0.4) is 0 Å². The summed E-state index contributed by atoms with van der Waals surface area (Å²) in [5.41, 5.74) is 5.33. The first-order chi connectivity index (χ1) is 3.18. The Hall–Kier alpha value is 0.500. The van der Waals surface area contributed by atoms with Gasteiger partial charge < -0.3 is 10.6 Å². The highest BCUT2D eigenvalue weighted by Gasteiger charge is 1.97. The highest BCUT2D eigenvalue weighted by atomic mass is 35.5. The van der Waals surface area contributed by atoms with Gasteiger partial charge in [0.2, 0.25) is 0 Å². The van der Waals surface area contributed by atoms with Gasteiger partial charge in [0.25, 0.3) is 0 Å². The molecule has 0 saturated heterocycles. The third-order valence-electron chi connectivity index (χ3n) is 1.22. The Labute approximate surface area is 69.6 Å². The van der Waals surface area contributed by atoms with E-state index in [0.29, 0.717) is 6.04 Å². The van der Waals surface area contributed by atoms with Crippen LogP contribution in [-0.4, -0.2) is 31.6 Å². The minimum Gasteiger partial charge on any atom is -0.329 e. The second kappa shape index (κ2) is 8.50. The maximum absolute atomic E-state index is 5.33. The number of hydrogen-bond donors (Lipinski definition) is 1. The van der Waals surface area contributed by atoms with Gasteiger partial charge in [-0.15, -0.1) is 24.8 Å². The predicted molar refractivity (Wildman–Crippen MR) is 46.7 cm³/mol. The van der Waals surface area contributed by atoms with Crippen molar-refractivity contribution in [3.8, 4) is 0 Å². The van der Waals surface area contributed by atoms with Crippen LogP contribution >= 0.6 is 24.8 Å². The first kappa shape index (κ1) is 16.2. The summed E-state index contributed by atoms with van der Waals surface area (Å²) in [4.78, 5) is 2.10. The monoisotopic (exact) mass is 174 g/mol. The highest BCUT2D eigenvalue weighted by Crippen LogP contribution is 1.84. The number of hydrogen-bond acceptors (Lipinski definition) is 2. The fourth-order valence-electron chi connectivity index (χ4n) is 0.211. The fourth-order valence-corrected chi connectivity index (χ4v) is 0.211. The Morgan fingerprint density at radius 3 is 1.67 bits per heavy atom.